The molecule has 114 valence electrons. The van der Waals surface area contributed by atoms with Crippen LogP contribution in [0.15, 0.2) is 44.9 Å². The normalized spacial score (nSPS) is 11.0. The Hall–Kier alpha value is -2.86. The lowest BCUT2D eigenvalue weighted by Gasteiger charge is -2.09. The summed E-state index contributed by atoms with van der Waals surface area (Å²) in [6.07, 6.45) is 0.884. The van der Waals surface area contributed by atoms with Crippen LogP contribution in [0, 0.1) is 11.3 Å². The third kappa shape index (κ3) is 2.64. The van der Waals surface area contributed by atoms with Crippen LogP contribution in [-0.2, 0) is 24.2 Å². The van der Waals surface area contributed by atoms with Gasteiger partial charge >= 0.3 is 15.8 Å². The quantitative estimate of drug-likeness (QED) is 0.719. The van der Waals surface area contributed by atoms with Gasteiger partial charge in [0.1, 0.15) is 6.07 Å². The van der Waals surface area contributed by atoms with Crippen LogP contribution in [0.25, 0.3) is 0 Å². The summed E-state index contributed by atoms with van der Waals surface area (Å²) in [5.74, 6) is -0.194. The molecule has 8 nitrogen and oxygen atoms in total. The zero-order chi connectivity index (χ0) is 16.5. The smallest absolute Gasteiger partial charge is 0.346 e. The van der Waals surface area contributed by atoms with Crippen molar-refractivity contribution < 1.29 is 12.6 Å². The molecule has 0 aliphatic heterocycles. The number of aryl methyl sites for hydroxylation is 1. The number of nitrogens with zero attached hydrogens (tertiary/aromatic N) is 3. The number of para-hydroxylation sites is 1. The Balaban J connectivity index is 2.61. The summed E-state index contributed by atoms with van der Waals surface area (Å²) in [4.78, 5) is 22.8. The second kappa shape index (κ2) is 5.50. The molecule has 9 heteroatoms. The maximum absolute atomic E-state index is 12.2. The third-order valence-corrected chi connectivity index (χ3v) is 4.11. The molecule has 0 atom stereocenters. The molecule has 0 radical (unpaired) electrons. The van der Waals surface area contributed by atoms with Crippen molar-refractivity contribution in [2.24, 2.45) is 14.1 Å². The van der Waals surface area contributed by atoms with E-state index < -0.39 is 26.3 Å². The number of hydrogen-bond acceptors (Lipinski definition) is 6. The molecule has 22 heavy (non-hydrogen) atoms. The molecule has 1 heterocycles. The Morgan fingerprint density at radius 2 is 1.82 bits per heavy atom. The molecule has 0 unspecified atom stereocenters. The maximum atomic E-state index is 12.2. The zero-order valence-electron chi connectivity index (χ0n) is 11.7. The predicted molar refractivity (Wildman–Crippen MR) is 75.9 cm³/mol. The standard InChI is InChI=1S/C13H11N3O5S/c1-15-8-11(12(17)16(2)13(15)18)22(19,20)21-10-6-4-3-5-9(10)7-14/h3-6,8H,1-2H3. The summed E-state index contributed by atoms with van der Waals surface area (Å²) in [7, 11) is -2.01. The second-order valence-electron chi connectivity index (χ2n) is 4.40. The molecule has 0 aliphatic rings. The minimum Gasteiger partial charge on any atom is -0.377 e. The SMILES string of the molecule is Cn1cc(S(=O)(=O)Oc2ccccc2C#N)c(=O)n(C)c1=O. The first kappa shape index (κ1) is 15.5. The lowest BCUT2D eigenvalue weighted by Crippen LogP contribution is -2.39. The Labute approximate surface area is 125 Å². The van der Waals surface area contributed by atoms with Gasteiger partial charge in [0.25, 0.3) is 5.56 Å². The molecule has 1 aromatic heterocycles. The van der Waals surface area contributed by atoms with Crippen LogP contribution in [0.5, 0.6) is 5.75 Å². The number of rotatable bonds is 3. The molecule has 0 fully saturated rings. The number of hydrogen-bond donors (Lipinski definition) is 0. The molecule has 2 rings (SSSR count). The molecular formula is C13H11N3O5S. The summed E-state index contributed by atoms with van der Waals surface area (Å²) < 4.78 is 31.0. The number of benzene rings is 1. The molecule has 0 saturated heterocycles. The Bertz CT molecular complexity index is 996. The molecule has 2 aromatic rings. The second-order valence-corrected chi connectivity index (χ2v) is 5.91. The molecule has 0 bridgehead atoms. The fraction of sp³-hybridized carbons (Fsp3) is 0.154. The molecule has 0 N–H and O–H groups in total. The van der Waals surface area contributed by atoms with E-state index in [2.05, 4.69) is 0 Å². The fourth-order valence-corrected chi connectivity index (χ4v) is 2.85. The van der Waals surface area contributed by atoms with E-state index in [1.165, 1.54) is 25.2 Å². The van der Waals surface area contributed by atoms with E-state index in [1.807, 2.05) is 0 Å². The molecular weight excluding hydrogens is 310 g/mol. The lowest BCUT2D eigenvalue weighted by molar-refractivity contribution is 0.479. The van der Waals surface area contributed by atoms with Crippen molar-refractivity contribution in [2.45, 2.75) is 4.90 Å². The van der Waals surface area contributed by atoms with E-state index in [1.54, 1.807) is 12.1 Å². The van der Waals surface area contributed by atoms with Crippen LogP contribution in [0.3, 0.4) is 0 Å². The highest BCUT2D eigenvalue weighted by atomic mass is 32.2. The first-order valence-corrected chi connectivity index (χ1v) is 7.39. The molecule has 0 spiro atoms. The van der Waals surface area contributed by atoms with Crippen molar-refractivity contribution in [2.75, 3.05) is 0 Å². The van der Waals surface area contributed by atoms with E-state index in [-0.39, 0.29) is 11.3 Å². The highest BCUT2D eigenvalue weighted by molar-refractivity contribution is 7.87. The van der Waals surface area contributed by atoms with Gasteiger partial charge in [-0.2, -0.15) is 13.7 Å². The predicted octanol–water partition coefficient (Wildman–Crippen LogP) is -0.277. The van der Waals surface area contributed by atoms with Gasteiger partial charge in [-0.25, -0.2) is 4.79 Å². The maximum Gasteiger partial charge on any atom is 0.346 e. The number of aromatic nitrogens is 2. The van der Waals surface area contributed by atoms with Crippen molar-refractivity contribution in [1.82, 2.24) is 9.13 Å². The van der Waals surface area contributed by atoms with Crippen molar-refractivity contribution in [3.8, 4) is 11.8 Å². The van der Waals surface area contributed by atoms with Crippen LogP contribution >= 0.6 is 0 Å². The number of nitriles is 1. The van der Waals surface area contributed by atoms with E-state index in [9.17, 15) is 18.0 Å². The Kier molecular flexibility index (Phi) is 3.88. The highest BCUT2D eigenvalue weighted by Crippen LogP contribution is 2.20. The van der Waals surface area contributed by atoms with Crippen molar-refractivity contribution in [3.63, 3.8) is 0 Å². The minimum atomic E-state index is -4.48. The van der Waals surface area contributed by atoms with Gasteiger partial charge in [0.2, 0.25) is 0 Å². The summed E-state index contributed by atoms with van der Waals surface area (Å²) in [5, 5.41) is 8.93. The molecule has 0 amide bonds. The van der Waals surface area contributed by atoms with E-state index >= 15 is 0 Å². The van der Waals surface area contributed by atoms with Gasteiger partial charge in [-0.3, -0.25) is 9.36 Å². The highest BCUT2D eigenvalue weighted by Gasteiger charge is 2.24. The van der Waals surface area contributed by atoms with E-state index in [0.717, 1.165) is 17.8 Å². The van der Waals surface area contributed by atoms with Crippen LogP contribution in [0.4, 0.5) is 0 Å². The average molecular weight is 321 g/mol. The van der Waals surface area contributed by atoms with Crippen molar-refractivity contribution >= 4 is 10.1 Å². The summed E-state index contributed by atoms with van der Waals surface area (Å²) in [5.41, 5.74) is -1.66. The van der Waals surface area contributed by atoms with Gasteiger partial charge in [0.05, 0.1) is 5.56 Å². The first-order valence-electron chi connectivity index (χ1n) is 5.98. The van der Waals surface area contributed by atoms with Crippen LogP contribution < -0.4 is 15.4 Å². The Morgan fingerprint density at radius 3 is 2.45 bits per heavy atom. The topological polar surface area (TPSA) is 111 Å². The van der Waals surface area contributed by atoms with Crippen LogP contribution in [-0.4, -0.2) is 17.6 Å². The van der Waals surface area contributed by atoms with Gasteiger partial charge in [0.15, 0.2) is 10.6 Å². The molecule has 0 aliphatic carbocycles. The minimum absolute atomic E-state index is 0.00715. The van der Waals surface area contributed by atoms with Gasteiger partial charge in [-0.1, -0.05) is 12.1 Å². The summed E-state index contributed by atoms with van der Waals surface area (Å²) in [6.45, 7) is 0. The summed E-state index contributed by atoms with van der Waals surface area (Å²) >= 11 is 0. The van der Waals surface area contributed by atoms with Crippen molar-refractivity contribution in [3.05, 3.63) is 56.9 Å². The van der Waals surface area contributed by atoms with Gasteiger partial charge in [-0.05, 0) is 12.1 Å². The van der Waals surface area contributed by atoms with E-state index in [4.69, 9.17) is 9.44 Å². The average Bonchev–Trinajstić information content (AvgIpc) is 2.48. The third-order valence-electron chi connectivity index (χ3n) is 2.89. The Morgan fingerprint density at radius 1 is 1.18 bits per heavy atom. The van der Waals surface area contributed by atoms with Gasteiger partial charge in [-0.15, -0.1) is 0 Å². The van der Waals surface area contributed by atoms with Crippen LogP contribution in [0.1, 0.15) is 5.56 Å². The first-order chi connectivity index (χ1) is 10.3. The molecule has 1 aromatic carbocycles. The van der Waals surface area contributed by atoms with Gasteiger partial charge in [0, 0.05) is 20.3 Å². The van der Waals surface area contributed by atoms with Crippen LogP contribution in [0.2, 0.25) is 0 Å². The van der Waals surface area contributed by atoms with E-state index in [0.29, 0.717) is 4.57 Å². The van der Waals surface area contributed by atoms with Gasteiger partial charge < -0.3 is 8.75 Å². The summed E-state index contributed by atoms with van der Waals surface area (Å²) in [6, 6.07) is 7.50. The lowest BCUT2D eigenvalue weighted by atomic mass is 10.2. The largest absolute Gasteiger partial charge is 0.377 e. The fourth-order valence-electron chi connectivity index (χ4n) is 1.74. The monoisotopic (exact) mass is 321 g/mol. The molecule has 0 saturated carbocycles. The zero-order valence-corrected chi connectivity index (χ0v) is 12.5. The van der Waals surface area contributed by atoms with Crippen molar-refractivity contribution in [1.29, 1.82) is 5.26 Å².